The van der Waals surface area contributed by atoms with Crippen molar-refractivity contribution in [2.45, 2.75) is 38.0 Å². The van der Waals surface area contributed by atoms with Crippen LogP contribution in [0.2, 0.25) is 0 Å². The summed E-state index contributed by atoms with van der Waals surface area (Å²) in [6.45, 7) is 3.21. The normalized spacial score (nSPS) is 33.8. The Morgan fingerprint density at radius 2 is 1.93 bits per heavy atom. The van der Waals surface area contributed by atoms with Crippen molar-refractivity contribution < 1.29 is 22.6 Å². The van der Waals surface area contributed by atoms with Crippen molar-refractivity contribution in [3.05, 3.63) is 23.8 Å². The smallest absolute Gasteiger partial charge is 0.340 e. The maximum atomic E-state index is 12.6. The van der Waals surface area contributed by atoms with E-state index >= 15 is 0 Å². The zero-order chi connectivity index (χ0) is 11.3. The van der Waals surface area contributed by atoms with E-state index in [9.17, 15) is 13.2 Å². The molecule has 0 aromatic heterocycles. The Hall–Kier alpha value is -0.810. The molecular weight excluding hydrogens is 209 g/mol. The standard InChI is InChI=1S/C10H11F3O2/c1-9(2)14-7-5-3-4-6(8(7)15-9)10(11,12)13/h3-5,7-8H,1-2H3/t7-,8+/m0/s1. The molecule has 1 aliphatic carbocycles. The van der Waals surface area contributed by atoms with Crippen LogP contribution in [0.25, 0.3) is 0 Å². The lowest BCUT2D eigenvalue weighted by molar-refractivity contribution is -0.150. The second-order valence-corrected chi connectivity index (χ2v) is 4.03. The molecule has 0 spiro atoms. The first-order chi connectivity index (χ1) is 6.80. The molecule has 15 heavy (non-hydrogen) atoms. The Morgan fingerprint density at radius 3 is 2.53 bits per heavy atom. The Kier molecular flexibility index (Phi) is 2.20. The van der Waals surface area contributed by atoms with Crippen molar-refractivity contribution in [1.82, 2.24) is 0 Å². The predicted octanol–water partition coefficient (Wildman–Crippen LogP) is 2.57. The summed E-state index contributed by atoms with van der Waals surface area (Å²) in [6.07, 6.45) is -2.07. The molecule has 5 heteroatoms. The van der Waals surface area contributed by atoms with Crippen LogP contribution in [0.4, 0.5) is 13.2 Å². The topological polar surface area (TPSA) is 18.5 Å². The van der Waals surface area contributed by atoms with Gasteiger partial charge in [0.25, 0.3) is 0 Å². The molecule has 0 N–H and O–H groups in total. The highest BCUT2D eigenvalue weighted by atomic mass is 19.4. The minimum Gasteiger partial charge on any atom is -0.340 e. The van der Waals surface area contributed by atoms with E-state index in [-0.39, 0.29) is 0 Å². The zero-order valence-corrected chi connectivity index (χ0v) is 8.34. The van der Waals surface area contributed by atoms with E-state index in [0.717, 1.165) is 6.08 Å². The van der Waals surface area contributed by atoms with Crippen LogP contribution in [0.5, 0.6) is 0 Å². The molecule has 0 unspecified atom stereocenters. The molecule has 1 fully saturated rings. The number of hydrogen-bond acceptors (Lipinski definition) is 2. The quantitative estimate of drug-likeness (QED) is 0.624. The third-order valence-electron chi connectivity index (χ3n) is 2.34. The van der Waals surface area contributed by atoms with Gasteiger partial charge in [-0.25, -0.2) is 0 Å². The second-order valence-electron chi connectivity index (χ2n) is 4.03. The van der Waals surface area contributed by atoms with Gasteiger partial charge >= 0.3 is 6.18 Å². The molecule has 0 aromatic rings. The Morgan fingerprint density at radius 1 is 1.27 bits per heavy atom. The molecule has 84 valence electrons. The summed E-state index contributed by atoms with van der Waals surface area (Å²) in [5.41, 5.74) is -0.680. The average Bonchev–Trinajstić information content (AvgIpc) is 2.35. The third-order valence-corrected chi connectivity index (χ3v) is 2.34. The lowest BCUT2D eigenvalue weighted by atomic mass is 9.99. The molecule has 0 saturated carbocycles. The molecule has 0 bridgehead atoms. The first-order valence-corrected chi connectivity index (χ1v) is 4.61. The van der Waals surface area contributed by atoms with E-state index in [0.29, 0.717) is 0 Å². The van der Waals surface area contributed by atoms with Gasteiger partial charge < -0.3 is 9.47 Å². The van der Waals surface area contributed by atoms with Crippen LogP contribution >= 0.6 is 0 Å². The first kappa shape index (κ1) is 10.7. The third kappa shape index (κ3) is 1.94. The summed E-state index contributed by atoms with van der Waals surface area (Å²) in [5, 5.41) is 0. The average molecular weight is 220 g/mol. The summed E-state index contributed by atoms with van der Waals surface area (Å²) in [4.78, 5) is 0. The van der Waals surface area contributed by atoms with E-state index < -0.39 is 29.7 Å². The van der Waals surface area contributed by atoms with Gasteiger partial charge in [0.2, 0.25) is 0 Å². The SMILES string of the molecule is CC1(C)O[C@H]2C=CC=C(C(F)(F)F)[C@H]2O1. The highest BCUT2D eigenvalue weighted by Gasteiger charge is 2.50. The van der Waals surface area contributed by atoms with Crippen LogP contribution in [-0.4, -0.2) is 24.2 Å². The van der Waals surface area contributed by atoms with Crippen LogP contribution in [0.15, 0.2) is 23.8 Å². The van der Waals surface area contributed by atoms with Crippen LogP contribution in [0.1, 0.15) is 13.8 Å². The van der Waals surface area contributed by atoms with Crippen molar-refractivity contribution in [2.24, 2.45) is 0 Å². The number of ether oxygens (including phenoxy) is 2. The van der Waals surface area contributed by atoms with Gasteiger partial charge in [-0.1, -0.05) is 18.2 Å². The van der Waals surface area contributed by atoms with E-state index in [1.165, 1.54) is 6.08 Å². The van der Waals surface area contributed by atoms with Crippen LogP contribution in [0, 0.1) is 0 Å². The molecule has 2 nitrogen and oxygen atoms in total. The minimum atomic E-state index is -4.36. The fourth-order valence-electron chi connectivity index (χ4n) is 1.79. The first-order valence-electron chi connectivity index (χ1n) is 4.61. The van der Waals surface area contributed by atoms with E-state index in [1.807, 2.05) is 0 Å². The molecule has 2 aliphatic rings. The van der Waals surface area contributed by atoms with E-state index in [4.69, 9.17) is 9.47 Å². The largest absolute Gasteiger partial charge is 0.415 e. The lowest BCUT2D eigenvalue weighted by Gasteiger charge is -2.22. The van der Waals surface area contributed by atoms with Crippen molar-refractivity contribution in [3.8, 4) is 0 Å². The van der Waals surface area contributed by atoms with Gasteiger partial charge in [0, 0.05) is 0 Å². The van der Waals surface area contributed by atoms with Crippen LogP contribution in [-0.2, 0) is 9.47 Å². The molecule has 1 heterocycles. The molecule has 1 saturated heterocycles. The van der Waals surface area contributed by atoms with Crippen LogP contribution < -0.4 is 0 Å². The molecular formula is C10H11F3O2. The van der Waals surface area contributed by atoms with Crippen molar-refractivity contribution in [2.75, 3.05) is 0 Å². The fraction of sp³-hybridized carbons (Fsp3) is 0.600. The lowest BCUT2D eigenvalue weighted by Crippen LogP contribution is -2.33. The summed E-state index contributed by atoms with van der Waals surface area (Å²) in [5.74, 6) is -0.964. The van der Waals surface area contributed by atoms with Gasteiger partial charge in [0.15, 0.2) is 5.79 Å². The number of hydrogen-bond donors (Lipinski definition) is 0. The number of rotatable bonds is 0. The molecule has 0 amide bonds. The van der Waals surface area contributed by atoms with E-state index in [1.54, 1.807) is 19.9 Å². The van der Waals surface area contributed by atoms with Gasteiger partial charge in [-0.3, -0.25) is 0 Å². The summed E-state index contributed by atoms with van der Waals surface area (Å²) >= 11 is 0. The molecule has 0 aromatic carbocycles. The summed E-state index contributed by atoms with van der Waals surface area (Å²) < 4.78 is 48.3. The Balaban J connectivity index is 2.29. The fourth-order valence-corrected chi connectivity index (χ4v) is 1.79. The van der Waals surface area contributed by atoms with Gasteiger partial charge in [-0.05, 0) is 13.8 Å². The summed E-state index contributed by atoms with van der Waals surface area (Å²) in [6, 6.07) is 0. The monoisotopic (exact) mass is 220 g/mol. The molecule has 2 rings (SSSR count). The van der Waals surface area contributed by atoms with Crippen molar-refractivity contribution in [1.29, 1.82) is 0 Å². The second kappa shape index (κ2) is 3.09. The molecule has 2 atom stereocenters. The van der Waals surface area contributed by atoms with Gasteiger partial charge in [0.05, 0.1) is 5.57 Å². The molecule has 1 aliphatic heterocycles. The summed E-state index contributed by atoms with van der Waals surface area (Å²) in [7, 11) is 0. The predicted molar refractivity (Wildman–Crippen MR) is 47.1 cm³/mol. The zero-order valence-electron chi connectivity index (χ0n) is 8.34. The maximum absolute atomic E-state index is 12.6. The van der Waals surface area contributed by atoms with Crippen molar-refractivity contribution >= 4 is 0 Å². The number of alkyl halides is 3. The maximum Gasteiger partial charge on any atom is 0.415 e. The number of fused-ring (bicyclic) bond motifs is 1. The van der Waals surface area contributed by atoms with Gasteiger partial charge in [-0.15, -0.1) is 0 Å². The van der Waals surface area contributed by atoms with Crippen LogP contribution in [0.3, 0.4) is 0 Å². The number of halogens is 3. The molecule has 0 radical (unpaired) electrons. The Bertz CT molecular complexity index is 328. The Labute approximate surface area is 85.4 Å². The van der Waals surface area contributed by atoms with Gasteiger partial charge in [-0.2, -0.15) is 13.2 Å². The van der Waals surface area contributed by atoms with E-state index in [2.05, 4.69) is 0 Å². The highest BCUT2D eigenvalue weighted by molar-refractivity contribution is 5.30. The highest BCUT2D eigenvalue weighted by Crippen LogP contribution is 2.40. The van der Waals surface area contributed by atoms with Gasteiger partial charge in [0.1, 0.15) is 12.2 Å². The van der Waals surface area contributed by atoms with Crippen molar-refractivity contribution in [3.63, 3.8) is 0 Å². The minimum absolute atomic E-state index is 0.637. The number of allylic oxidation sites excluding steroid dienone is 2.